The number of fused-ring (bicyclic) bond motifs is 1. The van der Waals surface area contributed by atoms with Gasteiger partial charge in [0.05, 0.1) is 27.9 Å². The van der Waals surface area contributed by atoms with Crippen LogP contribution in [-0.4, -0.2) is 56.7 Å². The van der Waals surface area contributed by atoms with Crippen molar-refractivity contribution in [1.29, 1.82) is 0 Å². The van der Waals surface area contributed by atoms with E-state index in [0.717, 1.165) is 49.4 Å². The number of hydrogen-bond acceptors (Lipinski definition) is 5. The number of hydrogen-bond donors (Lipinski definition) is 0. The highest BCUT2D eigenvalue weighted by Crippen LogP contribution is 2.34. The summed E-state index contributed by atoms with van der Waals surface area (Å²) in [6.45, 7) is 2.77. The van der Waals surface area contributed by atoms with Crippen LogP contribution >= 0.6 is 0 Å². The molecule has 6 nitrogen and oxygen atoms in total. The second-order valence-electron chi connectivity index (χ2n) is 8.65. The molecule has 1 atom stereocenters. The topological polar surface area (TPSA) is 51.2 Å². The summed E-state index contributed by atoms with van der Waals surface area (Å²) in [7, 11) is 4.99. The second-order valence-corrected chi connectivity index (χ2v) is 8.65. The number of amides is 1. The summed E-state index contributed by atoms with van der Waals surface area (Å²) in [6.07, 6.45) is 5.47. The van der Waals surface area contributed by atoms with Crippen molar-refractivity contribution in [2.75, 3.05) is 41.0 Å². The lowest BCUT2D eigenvalue weighted by atomic mass is 9.98. The lowest BCUT2D eigenvalue weighted by Crippen LogP contribution is -2.43. The van der Waals surface area contributed by atoms with Gasteiger partial charge in [0, 0.05) is 19.1 Å². The first-order chi connectivity index (χ1) is 15.6. The number of nitrogens with zero attached hydrogens (tertiary/aromatic N) is 2. The number of carbonyl (C=O) groups excluding carboxylic acids is 1. The van der Waals surface area contributed by atoms with E-state index in [1.807, 2.05) is 29.2 Å². The van der Waals surface area contributed by atoms with Gasteiger partial charge in [-0.3, -0.25) is 9.69 Å². The lowest BCUT2D eigenvalue weighted by Gasteiger charge is -2.34. The molecule has 172 valence electrons. The largest absolute Gasteiger partial charge is 0.497 e. The maximum atomic E-state index is 13.4. The summed E-state index contributed by atoms with van der Waals surface area (Å²) in [5, 5.41) is 0. The fourth-order valence-electron chi connectivity index (χ4n) is 4.93. The molecule has 2 aliphatic rings. The quantitative estimate of drug-likeness (QED) is 0.676. The number of benzene rings is 2. The lowest BCUT2D eigenvalue weighted by molar-refractivity contribution is -0.134. The minimum Gasteiger partial charge on any atom is -0.497 e. The van der Waals surface area contributed by atoms with E-state index in [-0.39, 0.29) is 11.9 Å². The zero-order valence-corrected chi connectivity index (χ0v) is 19.4. The second kappa shape index (κ2) is 10.3. The molecule has 2 aromatic rings. The summed E-state index contributed by atoms with van der Waals surface area (Å²) >= 11 is 0. The van der Waals surface area contributed by atoms with Crippen molar-refractivity contribution in [3.63, 3.8) is 0 Å². The molecule has 0 aromatic heterocycles. The number of rotatable bonds is 6. The van der Waals surface area contributed by atoms with Gasteiger partial charge in [-0.15, -0.1) is 0 Å². The Morgan fingerprint density at radius 1 is 0.906 bits per heavy atom. The van der Waals surface area contributed by atoms with E-state index in [0.29, 0.717) is 18.8 Å². The van der Waals surface area contributed by atoms with Gasteiger partial charge in [-0.05, 0) is 66.8 Å². The van der Waals surface area contributed by atoms with Gasteiger partial charge in [-0.2, -0.15) is 0 Å². The minimum absolute atomic E-state index is 0.200. The highest BCUT2D eigenvalue weighted by atomic mass is 16.5. The highest BCUT2D eigenvalue weighted by Gasteiger charge is 2.28. The van der Waals surface area contributed by atoms with Crippen LogP contribution in [0, 0.1) is 0 Å². The van der Waals surface area contributed by atoms with Crippen LogP contribution in [0.15, 0.2) is 36.4 Å². The van der Waals surface area contributed by atoms with E-state index < -0.39 is 0 Å². The van der Waals surface area contributed by atoms with Gasteiger partial charge in [0.25, 0.3) is 0 Å². The highest BCUT2D eigenvalue weighted by molar-refractivity contribution is 5.78. The number of carbonyl (C=O) groups is 1. The first-order valence-electron chi connectivity index (χ1n) is 11.5. The first kappa shape index (κ1) is 22.5. The zero-order valence-electron chi connectivity index (χ0n) is 19.4. The SMILES string of the molecule is COc1ccc([C@H]2CCCCCN2CC(=O)N2CCc3cc(OC)c(OC)cc3C2)cc1. The Hall–Kier alpha value is -2.73. The Bertz CT molecular complexity index is 928. The van der Waals surface area contributed by atoms with Gasteiger partial charge in [0.1, 0.15) is 5.75 Å². The third-order valence-corrected chi connectivity index (χ3v) is 6.77. The molecule has 0 aliphatic carbocycles. The molecule has 1 saturated heterocycles. The van der Waals surface area contributed by atoms with Crippen LogP contribution in [0.4, 0.5) is 0 Å². The molecule has 6 heteroatoms. The van der Waals surface area contributed by atoms with Crippen LogP contribution in [0.2, 0.25) is 0 Å². The van der Waals surface area contributed by atoms with Crippen molar-refractivity contribution < 1.29 is 19.0 Å². The third-order valence-electron chi connectivity index (χ3n) is 6.77. The standard InChI is InChI=1S/C26H34N2O4/c1-30-22-10-8-19(9-11-22)23-7-5-4-6-13-27(23)18-26(29)28-14-12-20-15-24(31-2)25(32-3)16-21(20)17-28/h8-11,15-16,23H,4-7,12-14,17-18H2,1-3H3/t23-/m1/s1. The molecule has 2 aliphatic heterocycles. The van der Waals surface area contributed by atoms with E-state index in [9.17, 15) is 4.79 Å². The van der Waals surface area contributed by atoms with Gasteiger partial charge < -0.3 is 19.1 Å². The summed E-state index contributed by atoms with van der Waals surface area (Å²) < 4.78 is 16.2. The average molecular weight is 439 g/mol. The van der Waals surface area contributed by atoms with Crippen molar-refractivity contribution in [3.8, 4) is 17.2 Å². The minimum atomic E-state index is 0.200. The molecule has 0 spiro atoms. The molecule has 0 bridgehead atoms. The van der Waals surface area contributed by atoms with E-state index in [1.54, 1.807) is 21.3 Å². The van der Waals surface area contributed by atoms with E-state index in [1.165, 1.54) is 24.0 Å². The predicted octanol–water partition coefficient (Wildman–Crippen LogP) is 4.21. The molecule has 1 fully saturated rings. The molecular formula is C26H34N2O4. The fourth-order valence-corrected chi connectivity index (χ4v) is 4.93. The van der Waals surface area contributed by atoms with Crippen molar-refractivity contribution in [2.24, 2.45) is 0 Å². The zero-order chi connectivity index (χ0) is 22.5. The molecule has 0 radical (unpaired) electrons. The Balaban J connectivity index is 1.48. The summed E-state index contributed by atoms with van der Waals surface area (Å²) in [6, 6.07) is 12.7. The van der Waals surface area contributed by atoms with Crippen LogP contribution in [0.25, 0.3) is 0 Å². The van der Waals surface area contributed by atoms with Crippen LogP contribution in [-0.2, 0) is 17.8 Å². The normalized spacial score (nSPS) is 19.1. The Labute approximate surface area is 191 Å². The van der Waals surface area contributed by atoms with Gasteiger partial charge in [0.15, 0.2) is 11.5 Å². The van der Waals surface area contributed by atoms with Crippen LogP contribution in [0.5, 0.6) is 17.2 Å². The van der Waals surface area contributed by atoms with Crippen molar-refractivity contribution in [1.82, 2.24) is 9.80 Å². The van der Waals surface area contributed by atoms with Crippen LogP contribution < -0.4 is 14.2 Å². The average Bonchev–Trinajstić information content (AvgIpc) is 3.08. The summed E-state index contributed by atoms with van der Waals surface area (Å²) in [4.78, 5) is 17.7. The molecule has 0 N–H and O–H groups in total. The molecule has 1 amide bonds. The molecule has 0 saturated carbocycles. The van der Waals surface area contributed by atoms with Crippen LogP contribution in [0.1, 0.15) is 48.4 Å². The van der Waals surface area contributed by atoms with E-state index >= 15 is 0 Å². The van der Waals surface area contributed by atoms with Crippen molar-refractivity contribution in [3.05, 3.63) is 53.1 Å². The molecule has 2 heterocycles. The van der Waals surface area contributed by atoms with E-state index in [4.69, 9.17) is 14.2 Å². The third kappa shape index (κ3) is 4.85. The van der Waals surface area contributed by atoms with Gasteiger partial charge in [0.2, 0.25) is 5.91 Å². The molecule has 4 rings (SSSR count). The van der Waals surface area contributed by atoms with Crippen molar-refractivity contribution >= 4 is 5.91 Å². The maximum absolute atomic E-state index is 13.4. The number of methoxy groups -OCH3 is 3. The monoisotopic (exact) mass is 438 g/mol. The fraction of sp³-hybridized carbons (Fsp3) is 0.500. The predicted molar refractivity (Wildman–Crippen MR) is 124 cm³/mol. The Morgan fingerprint density at radius 2 is 1.62 bits per heavy atom. The van der Waals surface area contributed by atoms with Gasteiger partial charge >= 0.3 is 0 Å². The summed E-state index contributed by atoms with van der Waals surface area (Å²) in [5.41, 5.74) is 3.64. The Morgan fingerprint density at radius 3 is 2.31 bits per heavy atom. The first-order valence-corrected chi connectivity index (χ1v) is 11.5. The van der Waals surface area contributed by atoms with Crippen LogP contribution in [0.3, 0.4) is 0 Å². The number of likely N-dealkylation sites (tertiary alicyclic amines) is 1. The number of ether oxygens (including phenoxy) is 3. The molecule has 2 aromatic carbocycles. The Kier molecular flexibility index (Phi) is 7.20. The summed E-state index contributed by atoms with van der Waals surface area (Å²) in [5.74, 6) is 2.53. The smallest absolute Gasteiger partial charge is 0.237 e. The van der Waals surface area contributed by atoms with Crippen molar-refractivity contribution in [2.45, 2.75) is 44.7 Å². The maximum Gasteiger partial charge on any atom is 0.237 e. The molecule has 32 heavy (non-hydrogen) atoms. The van der Waals surface area contributed by atoms with E-state index in [2.05, 4.69) is 17.0 Å². The van der Waals surface area contributed by atoms with Gasteiger partial charge in [-0.1, -0.05) is 25.0 Å². The molecular weight excluding hydrogens is 404 g/mol. The van der Waals surface area contributed by atoms with Gasteiger partial charge in [-0.25, -0.2) is 0 Å². The molecule has 0 unspecified atom stereocenters.